The first-order valence-electron chi connectivity index (χ1n) is 5.17. The van der Waals surface area contributed by atoms with Crippen LogP contribution in [0.4, 0.5) is 4.39 Å². The zero-order valence-electron chi connectivity index (χ0n) is 9.28. The zero-order valence-corrected chi connectivity index (χ0v) is 10.9. The van der Waals surface area contributed by atoms with E-state index in [4.69, 9.17) is 0 Å². The van der Waals surface area contributed by atoms with Crippen LogP contribution in [0, 0.1) is 5.82 Å². The van der Waals surface area contributed by atoms with Crippen LogP contribution in [0.15, 0.2) is 41.1 Å². The molecule has 1 aromatic carbocycles. The molecule has 2 nitrogen and oxygen atoms in total. The molecule has 1 aromatic heterocycles. The van der Waals surface area contributed by atoms with Gasteiger partial charge >= 0.3 is 0 Å². The second-order valence-electron chi connectivity index (χ2n) is 3.86. The van der Waals surface area contributed by atoms with Gasteiger partial charge in [0.25, 0.3) is 0 Å². The molecule has 0 N–H and O–H groups in total. The SMILES string of the molecule is CC(=O)c1ccn(Cc2ccc(Br)cc2F)c1. The fourth-order valence-corrected chi connectivity index (χ4v) is 1.93. The summed E-state index contributed by atoms with van der Waals surface area (Å²) in [5.74, 6) is -0.238. The molecule has 4 heteroatoms. The first kappa shape index (κ1) is 12.0. The van der Waals surface area contributed by atoms with Gasteiger partial charge in [-0.1, -0.05) is 22.0 Å². The molecule has 0 aliphatic carbocycles. The Bertz CT molecular complexity index is 562. The number of benzene rings is 1. The van der Waals surface area contributed by atoms with E-state index in [1.807, 2.05) is 0 Å². The van der Waals surface area contributed by atoms with E-state index in [1.165, 1.54) is 13.0 Å². The molecule has 0 spiro atoms. The van der Waals surface area contributed by atoms with Crippen LogP contribution in [-0.2, 0) is 6.54 Å². The molecule has 0 saturated carbocycles. The van der Waals surface area contributed by atoms with Gasteiger partial charge in [-0.15, -0.1) is 0 Å². The number of Topliss-reactive ketones (excluding diaryl/α,β-unsaturated/α-hetero) is 1. The average Bonchev–Trinajstić information content (AvgIpc) is 2.71. The molecule has 17 heavy (non-hydrogen) atoms. The van der Waals surface area contributed by atoms with Gasteiger partial charge in [0.2, 0.25) is 0 Å². The lowest BCUT2D eigenvalue weighted by molar-refractivity contribution is 0.101. The predicted octanol–water partition coefficient (Wildman–Crippen LogP) is 3.64. The number of carbonyl (C=O) groups is 1. The minimum absolute atomic E-state index is 0.0139. The van der Waals surface area contributed by atoms with E-state index in [2.05, 4.69) is 15.9 Å². The summed E-state index contributed by atoms with van der Waals surface area (Å²) in [6.45, 7) is 1.94. The fraction of sp³-hybridized carbons (Fsp3) is 0.154. The second-order valence-corrected chi connectivity index (χ2v) is 4.78. The number of carbonyl (C=O) groups excluding carboxylic acids is 1. The van der Waals surface area contributed by atoms with Gasteiger partial charge in [0.15, 0.2) is 5.78 Å². The quantitative estimate of drug-likeness (QED) is 0.793. The smallest absolute Gasteiger partial charge is 0.161 e. The number of ketones is 1. The van der Waals surface area contributed by atoms with Crippen LogP contribution in [0.1, 0.15) is 22.8 Å². The summed E-state index contributed by atoms with van der Waals surface area (Å²) in [6.07, 6.45) is 3.50. The molecule has 0 amide bonds. The predicted molar refractivity (Wildman–Crippen MR) is 67.6 cm³/mol. The highest BCUT2D eigenvalue weighted by Crippen LogP contribution is 2.16. The summed E-state index contributed by atoms with van der Waals surface area (Å²) in [4.78, 5) is 11.1. The van der Waals surface area contributed by atoms with Crippen molar-refractivity contribution in [2.24, 2.45) is 0 Å². The van der Waals surface area contributed by atoms with Crippen LogP contribution in [-0.4, -0.2) is 10.4 Å². The second kappa shape index (κ2) is 4.84. The molecule has 0 radical (unpaired) electrons. The lowest BCUT2D eigenvalue weighted by Crippen LogP contribution is -1.99. The third-order valence-electron chi connectivity index (χ3n) is 2.53. The number of hydrogen-bond donors (Lipinski definition) is 0. The highest BCUT2D eigenvalue weighted by Gasteiger charge is 2.05. The van der Waals surface area contributed by atoms with Gasteiger partial charge in [-0.25, -0.2) is 4.39 Å². The minimum atomic E-state index is -0.252. The van der Waals surface area contributed by atoms with Gasteiger partial charge in [-0.2, -0.15) is 0 Å². The van der Waals surface area contributed by atoms with Gasteiger partial charge in [-0.05, 0) is 25.1 Å². The molecular formula is C13H11BrFNO. The monoisotopic (exact) mass is 295 g/mol. The van der Waals surface area contributed by atoms with Crippen molar-refractivity contribution >= 4 is 21.7 Å². The lowest BCUT2D eigenvalue weighted by atomic mass is 10.2. The van der Waals surface area contributed by atoms with E-state index in [-0.39, 0.29) is 11.6 Å². The maximum absolute atomic E-state index is 13.6. The number of nitrogens with zero attached hydrogens (tertiary/aromatic N) is 1. The fourth-order valence-electron chi connectivity index (χ4n) is 1.59. The normalized spacial score (nSPS) is 10.5. The Hall–Kier alpha value is -1.42. The molecule has 2 rings (SSSR count). The van der Waals surface area contributed by atoms with Gasteiger partial charge in [0.05, 0.1) is 0 Å². The van der Waals surface area contributed by atoms with Crippen LogP contribution >= 0.6 is 15.9 Å². The molecule has 0 aliphatic rings. The number of hydrogen-bond acceptors (Lipinski definition) is 1. The first-order valence-corrected chi connectivity index (χ1v) is 5.96. The number of halogens is 2. The third kappa shape index (κ3) is 2.82. The van der Waals surface area contributed by atoms with Crippen molar-refractivity contribution in [3.05, 3.63) is 58.1 Å². The molecule has 0 unspecified atom stereocenters. The minimum Gasteiger partial charge on any atom is -0.349 e. The van der Waals surface area contributed by atoms with Crippen LogP contribution in [0.5, 0.6) is 0 Å². The summed E-state index contributed by atoms with van der Waals surface area (Å²) >= 11 is 3.21. The van der Waals surface area contributed by atoms with E-state index < -0.39 is 0 Å². The van der Waals surface area contributed by atoms with E-state index in [0.29, 0.717) is 17.7 Å². The van der Waals surface area contributed by atoms with Crippen molar-refractivity contribution in [3.63, 3.8) is 0 Å². The van der Waals surface area contributed by atoms with Gasteiger partial charge < -0.3 is 4.57 Å². The van der Waals surface area contributed by atoms with E-state index in [1.54, 1.807) is 35.2 Å². The standard InChI is InChI=1S/C13H11BrFNO/c1-9(17)10-4-5-16(7-10)8-11-2-3-12(14)6-13(11)15/h2-7H,8H2,1H3. The zero-order chi connectivity index (χ0) is 12.4. The Morgan fingerprint density at radius 2 is 2.18 bits per heavy atom. The Kier molecular flexibility index (Phi) is 3.43. The maximum atomic E-state index is 13.6. The Morgan fingerprint density at radius 3 is 2.76 bits per heavy atom. The summed E-state index contributed by atoms with van der Waals surface area (Å²) in [5.41, 5.74) is 1.24. The Balaban J connectivity index is 2.22. The van der Waals surface area contributed by atoms with Crippen LogP contribution in [0.25, 0.3) is 0 Å². The molecule has 0 atom stereocenters. The molecule has 1 heterocycles. The highest BCUT2D eigenvalue weighted by molar-refractivity contribution is 9.10. The van der Waals surface area contributed by atoms with Gasteiger partial charge in [0, 0.05) is 34.5 Å². The number of aromatic nitrogens is 1. The van der Waals surface area contributed by atoms with Crippen molar-refractivity contribution in [2.45, 2.75) is 13.5 Å². The molecular weight excluding hydrogens is 285 g/mol. The van der Waals surface area contributed by atoms with Crippen LogP contribution in [0.3, 0.4) is 0 Å². The number of rotatable bonds is 3. The van der Waals surface area contributed by atoms with Crippen molar-refractivity contribution < 1.29 is 9.18 Å². The lowest BCUT2D eigenvalue weighted by Gasteiger charge is -2.05. The van der Waals surface area contributed by atoms with Gasteiger partial charge in [0.1, 0.15) is 5.82 Å². The maximum Gasteiger partial charge on any atom is 0.161 e. The van der Waals surface area contributed by atoms with E-state index in [9.17, 15) is 9.18 Å². The Labute approximate surface area is 107 Å². The summed E-state index contributed by atoms with van der Waals surface area (Å²) in [5, 5.41) is 0. The molecule has 0 bridgehead atoms. The van der Waals surface area contributed by atoms with Gasteiger partial charge in [-0.3, -0.25) is 4.79 Å². The molecule has 0 fully saturated rings. The summed E-state index contributed by atoms with van der Waals surface area (Å²) in [7, 11) is 0. The average molecular weight is 296 g/mol. The molecule has 0 aliphatic heterocycles. The highest BCUT2D eigenvalue weighted by atomic mass is 79.9. The molecule has 0 saturated heterocycles. The molecule has 2 aromatic rings. The largest absolute Gasteiger partial charge is 0.349 e. The van der Waals surface area contributed by atoms with Crippen LogP contribution < -0.4 is 0 Å². The summed E-state index contributed by atoms with van der Waals surface area (Å²) < 4.78 is 16.1. The van der Waals surface area contributed by atoms with Crippen molar-refractivity contribution in [1.82, 2.24) is 4.57 Å². The molecule has 88 valence electrons. The van der Waals surface area contributed by atoms with E-state index in [0.717, 1.165) is 4.47 Å². The van der Waals surface area contributed by atoms with Crippen molar-refractivity contribution in [2.75, 3.05) is 0 Å². The third-order valence-corrected chi connectivity index (χ3v) is 3.02. The van der Waals surface area contributed by atoms with Crippen molar-refractivity contribution in [1.29, 1.82) is 0 Å². The first-order chi connectivity index (χ1) is 8.06. The van der Waals surface area contributed by atoms with Crippen molar-refractivity contribution in [3.8, 4) is 0 Å². The Morgan fingerprint density at radius 1 is 1.41 bits per heavy atom. The topological polar surface area (TPSA) is 22.0 Å². The van der Waals surface area contributed by atoms with E-state index >= 15 is 0 Å². The van der Waals surface area contributed by atoms with Crippen LogP contribution in [0.2, 0.25) is 0 Å². The summed E-state index contributed by atoms with van der Waals surface area (Å²) in [6, 6.07) is 6.70.